The van der Waals surface area contributed by atoms with Crippen LogP contribution in [0.4, 0.5) is 5.69 Å². The molecule has 2 saturated heterocycles. The second-order valence-electron chi connectivity index (χ2n) is 6.21. The summed E-state index contributed by atoms with van der Waals surface area (Å²) in [5.41, 5.74) is 1.88. The second kappa shape index (κ2) is 6.81. The van der Waals surface area contributed by atoms with Gasteiger partial charge in [-0.2, -0.15) is 5.26 Å². The van der Waals surface area contributed by atoms with Gasteiger partial charge < -0.3 is 9.80 Å². The molecule has 4 heteroatoms. The van der Waals surface area contributed by atoms with Crippen LogP contribution in [-0.2, 0) is 0 Å². The molecule has 0 atom stereocenters. The number of likely N-dealkylation sites (tertiary alicyclic amines) is 1. The van der Waals surface area contributed by atoms with Crippen LogP contribution in [0.2, 0.25) is 0 Å². The summed E-state index contributed by atoms with van der Waals surface area (Å²) in [5, 5.41) is 9.28. The number of nitrogens with zero attached hydrogens (tertiary/aromatic N) is 3. The van der Waals surface area contributed by atoms with E-state index in [2.05, 4.69) is 37.9 Å². The summed E-state index contributed by atoms with van der Waals surface area (Å²) in [5.74, 6) is 0.831. The third kappa shape index (κ3) is 3.59. The number of nitriles is 1. The maximum absolute atomic E-state index is 9.28. The molecule has 2 heterocycles. The molecule has 2 aliphatic heterocycles. The molecule has 0 unspecified atom stereocenters. The summed E-state index contributed by atoms with van der Waals surface area (Å²) >= 11 is 3.52. The molecule has 3 rings (SSSR count). The van der Waals surface area contributed by atoms with Gasteiger partial charge in [-0.1, -0.05) is 15.9 Å². The molecule has 21 heavy (non-hydrogen) atoms. The predicted molar refractivity (Wildman–Crippen MR) is 89.5 cm³/mol. The van der Waals surface area contributed by atoms with Crippen molar-refractivity contribution in [3.05, 3.63) is 28.2 Å². The Bertz CT molecular complexity index is 523. The molecule has 0 spiro atoms. The smallest absolute Gasteiger partial charge is 0.101 e. The highest BCUT2D eigenvalue weighted by atomic mass is 79.9. The van der Waals surface area contributed by atoms with Crippen LogP contribution >= 0.6 is 15.9 Å². The fourth-order valence-corrected chi connectivity index (χ4v) is 3.90. The van der Waals surface area contributed by atoms with Gasteiger partial charge in [0.15, 0.2) is 0 Å². The van der Waals surface area contributed by atoms with Crippen molar-refractivity contribution in [3.8, 4) is 6.07 Å². The molecule has 0 aromatic heterocycles. The topological polar surface area (TPSA) is 30.3 Å². The highest BCUT2D eigenvalue weighted by Gasteiger charge is 2.24. The highest BCUT2D eigenvalue weighted by Crippen LogP contribution is 2.29. The Morgan fingerprint density at radius 1 is 1.14 bits per heavy atom. The van der Waals surface area contributed by atoms with Crippen molar-refractivity contribution in [2.45, 2.75) is 25.7 Å². The van der Waals surface area contributed by atoms with E-state index < -0.39 is 0 Å². The molecular formula is C17H22BrN3. The van der Waals surface area contributed by atoms with Crippen molar-refractivity contribution in [1.82, 2.24) is 4.90 Å². The summed E-state index contributed by atoms with van der Waals surface area (Å²) < 4.78 is 1.05. The molecule has 0 saturated carbocycles. The van der Waals surface area contributed by atoms with Crippen LogP contribution in [0.5, 0.6) is 0 Å². The largest absolute Gasteiger partial charge is 0.370 e. The van der Waals surface area contributed by atoms with Crippen molar-refractivity contribution in [1.29, 1.82) is 5.26 Å². The van der Waals surface area contributed by atoms with E-state index in [1.54, 1.807) is 0 Å². The van der Waals surface area contributed by atoms with E-state index in [1.165, 1.54) is 45.3 Å². The molecule has 0 amide bonds. The summed E-state index contributed by atoms with van der Waals surface area (Å²) in [6.45, 7) is 6.01. The molecule has 0 radical (unpaired) electrons. The van der Waals surface area contributed by atoms with Gasteiger partial charge in [-0.05, 0) is 62.9 Å². The van der Waals surface area contributed by atoms with Gasteiger partial charge in [0, 0.05) is 24.1 Å². The first kappa shape index (κ1) is 14.9. The quantitative estimate of drug-likeness (QED) is 0.836. The lowest BCUT2D eigenvalue weighted by Crippen LogP contribution is -2.38. The zero-order valence-electron chi connectivity index (χ0n) is 12.4. The second-order valence-corrected chi connectivity index (χ2v) is 7.13. The van der Waals surface area contributed by atoms with E-state index in [0.29, 0.717) is 0 Å². The number of hydrogen-bond donors (Lipinski definition) is 0. The van der Waals surface area contributed by atoms with Crippen molar-refractivity contribution < 1.29 is 0 Å². The lowest BCUT2D eigenvalue weighted by Gasteiger charge is -2.35. The van der Waals surface area contributed by atoms with Gasteiger partial charge in [-0.3, -0.25) is 0 Å². The van der Waals surface area contributed by atoms with Crippen molar-refractivity contribution in [3.63, 3.8) is 0 Å². The zero-order valence-corrected chi connectivity index (χ0v) is 14.0. The molecule has 2 fully saturated rings. The molecule has 1 aromatic rings. The average Bonchev–Trinajstić information content (AvgIpc) is 3.01. The molecule has 0 N–H and O–H groups in total. The Kier molecular flexibility index (Phi) is 4.82. The van der Waals surface area contributed by atoms with Crippen LogP contribution in [0.3, 0.4) is 0 Å². The van der Waals surface area contributed by atoms with E-state index in [9.17, 15) is 5.26 Å². The number of halogens is 1. The van der Waals surface area contributed by atoms with E-state index in [-0.39, 0.29) is 0 Å². The van der Waals surface area contributed by atoms with Crippen molar-refractivity contribution in [2.75, 3.05) is 37.6 Å². The maximum Gasteiger partial charge on any atom is 0.101 e. The lowest BCUT2D eigenvalue weighted by molar-refractivity contribution is 0.249. The van der Waals surface area contributed by atoms with Crippen molar-refractivity contribution in [2.24, 2.45) is 5.92 Å². The van der Waals surface area contributed by atoms with E-state index in [0.717, 1.165) is 34.7 Å². The minimum Gasteiger partial charge on any atom is -0.370 e. The highest BCUT2D eigenvalue weighted by molar-refractivity contribution is 9.10. The SMILES string of the molecule is N#Cc1ccc(Br)cc1N1CCC(CN2CCCC2)CC1. The van der Waals surface area contributed by atoms with Crippen molar-refractivity contribution >= 4 is 21.6 Å². The van der Waals surface area contributed by atoms with E-state index in [4.69, 9.17) is 0 Å². The van der Waals surface area contributed by atoms with Crippen LogP contribution < -0.4 is 4.90 Å². The first-order chi connectivity index (χ1) is 10.3. The minimum atomic E-state index is 0.788. The van der Waals surface area contributed by atoms with Gasteiger partial charge in [0.1, 0.15) is 6.07 Å². The fraction of sp³-hybridized carbons (Fsp3) is 0.588. The maximum atomic E-state index is 9.28. The zero-order chi connectivity index (χ0) is 14.7. The van der Waals surface area contributed by atoms with Gasteiger partial charge in [0.2, 0.25) is 0 Å². The third-order valence-electron chi connectivity index (χ3n) is 4.75. The first-order valence-corrected chi connectivity index (χ1v) is 8.72. The fourth-order valence-electron chi connectivity index (χ4n) is 3.55. The average molecular weight is 348 g/mol. The van der Waals surface area contributed by atoms with Crippen LogP contribution in [-0.4, -0.2) is 37.6 Å². The molecular weight excluding hydrogens is 326 g/mol. The predicted octanol–water partition coefficient (Wildman–Crippen LogP) is 3.63. The molecule has 0 bridgehead atoms. The molecule has 1 aromatic carbocycles. The Morgan fingerprint density at radius 3 is 2.52 bits per heavy atom. The lowest BCUT2D eigenvalue weighted by atomic mass is 9.95. The number of anilines is 1. The Labute approximate surface area is 135 Å². The monoisotopic (exact) mass is 347 g/mol. The van der Waals surface area contributed by atoms with Gasteiger partial charge in [-0.25, -0.2) is 0 Å². The first-order valence-electron chi connectivity index (χ1n) is 7.93. The van der Waals surface area contributed by atoms with Crippen LogP contribution in [0.15, 0.2) is 22.7 Å². The van der Waals surface area contributed by atoms with Gasteiger partial charge in [0.25, 0.3) is 0 Å². The van der Waals surface area contributed by atoms with Crippen LogP contribution in [0.25, 0.3) is 0 Å². The number of piperidine rings is 1. The number of hydrogen-bond acceptors (Lipinski definition) is 3. The summed E-state index contributed by atoms with van der Waals surface area (Å²) in [6.07, 6.45) is 5.24. The van der Waals surface area contributed by atoms with Crippen LogP contribution in [0, 0.1) is 17.2 Å². The molecule has 2 aliphatic rings. The molecule has 112 valence electrons. The standard InChI is InChI=1S/C17H22BrN3/c18-16-4-3-15(12-19)17(11-16)21-9-5-14(6-10-21)13-20-7-1-2-8-20/h3-4,11,14H,1-2,5-10,13H2. The summed E-state index contributed by atoms with van der Waals surface area (Å²) in [6, 6.07) is 8.26. The summed E-state index contributed by atoms with van der Waals surface area (Å²) in [4.78, 5) is 5.00. The van der Waals surface area contributed by atoms with Gasteiger partial charge in [0.05, 0.1) is 11.3 Å². The Morgan fingerprint density at radius 2 is 1.86 bits per heavy atom. The van der Waals surface area contributed by atoms with E-state index in [1.807, 2.05) is 12.1 Å². The normalized spacial score (nSPS) is 20.7. The van der Waals surface area contributed by atoms with Gasteiger partial charge >= 0.3 is 0 Å². The van der Waals surface area contributed by atoms with E-state index >= 15 is 0 Å². The summed E-state index contributed by atoms with van der Waals surface area (Å²) in [7, 11) is 0. The Hall–Kier alpha value is -1.05. The third-order valence-corrected chi connectivity index (χ3v) is 5.24. The molecule has 0 aliphatic carbocycles. The van der Waals surface area contributed by atoms with Crippen LogP contribution in [0.1, 0.15) is 31.2 Å². The Balaban J connectivity index is 1.60. The minimum absolute atomic E-state index is 0.788. The number of benzene rings is 1. The van der Waals surface area contributed by atoms with Gasteiger partial charge in [-0.15, -0.1) is 0 Å². The number of rotatable bonds is 3. The molecule has 3 nitrogen and oxygen atoms in total.